The minimum atomic E-state index is -4.86. The highest BCUT2D eigenvalue weighted by atomic mass is 79.9. The Morgan fingerprint density at radius 3 is 2.79 bits per heavy atom. The van der Waals surface area contributed by atoms with E-state index in [9.17, 15) is 22.8 Å². The van der Waals surface area contributed by atoms with Crippen LogP contribution in [-0.4, -0.2) is 28.3 Å². The zero-order valence-corrected chi connectivity index (χ0v) is 15.8. The molecule has 144 valence electrons. The van der Waals surface area contributed by atoms with Crippen molar-refractivity contribution in [3.63, 3.8) is 0 Å². The van der Waals surface area contributed by atoms with E-state index in [1.165, 1.54) is 13.0 Å². The second kappa shape index (κ2) is 6.33. The van der Waals surface area contributed by atoms with E-state index >= 15 is 0 Å². The number of hydrogen-bond donors (Lipinski definition) is 1. The highest BCUT2D eigenvalue weighted by molar-refractivity contribution is 9.10. The Hall–Kier alpha value is -2.88. The molecule has 0 spiro atoms. The quantitative estimate of drug-likeness (QED) is 0.590. The number of rotatable bonds is 3. The molecule has 0 saturated heterocycles. The third kappa shape index (κ3) is 2.67. The summed E-state index contributed by atoms with van der Waals surface area (Å²) in [5.74, 6) is -1.45. The number of benzene rings is 2. The highest BCUT2D eigenvalue weighted by Crippen LogP contribution is 2.43. The van der Waals surface area contributed by atoms with Gasteiger partial charge in [0.1, 0.15) is 5.56 Å². The summed E-state index contributed by atoms with van der Waals surface area (Å²) in [4.78, 5) is 24.2. The van der Waals surface area contributed by atoms with Gasteiger partial charge in [0, 0.05) is 20.8 Å². The molecule has 6 nitrogen and oxygen atoms in total. The van der Waals surface area contributed by atoms with Crippen LogP contribution in [-0.2, 0) is 10.9 Å². The Morgan fingerprint density at radius 2 is 2.11 bits per heavy atom. The van der Waals surface area contributed by atoms with Crippen LogP contribution in [0, 0.1) is 0 Å². The molecule has 1 aromatic heterocycles. The van der Waals surface area contributed by atoms with Crippen LogP contribution in [0.5, 0.6) is 0 Å². The van der Waals surface area contributed by atoms with Gasteiger partial charge in [-0.15, -0.1) is 0 Å². The summed E-state index contributed by atoms with van der Waals surface area (Å²) >= 11 is 3.29. The van der Waals surface area contributed by atoms with Crippen molar-refractivity contribution in [2.24, 2.45) is 0 Å². The van der Waals surface area contributed by atoms with Crippen molar-refractivity contribution in [3.05, 3.63) is 51.8 Å². The largest absolute Gasteiger partial charge is 0.462 e. The number of halogens is 4. The average Bonchev–Trinajstić information content (AvgIpc) is 3.21. The maximum atomic E-state index is 13.8. The lowest BCUT2D eigenvalue weighted by Gasteiger charge is -2.15. The monoisotopic (exact) mass is 453 g/mol. The first-order valence-corrected chi connectivity index (χ1v) is 8.92. The summed E-state index contributed by atoms with van der Waals surface area (Å²) in [6, 6.07) is 6.18. The first kappa shape index (κ1) is 18.5. The van der Waals surface area contributed by atoms with E-state index in [0.29, 0.717) is 31.2 Å². The van der Waals surface area contributed by atoms with Crippen LogP contribution in [0.3, 0.4) is 0 Å². The summed E-state index contributed by atoms with van der Waals surface area (Å²) in [6.45, 7) is 1.43. The van der Waals surface area contributed by atoms with Crippen LogP contribution in [0.2, 0.25) is 0 Å². The Labute approximate surface area is 164 Å². The predicted molar refractivity (Wildman–Crippen MR) is 97.7 cm³/mol. The maximum absolute atomic E-state index is 13.8. The number of ether oxygens (including phenoxy) is 1. The lowest BCUT2D eigenvalue weighted by Crippen LogP contribution is -2.18. The third-order valence-corrected chi connectivity index (χ3v) is 4.96. The lowest BCUT2D eigenvalue weighted by atomic mass is 10.0. The molecule has 0 atom stereocenters. The number of alkyl halides is 3. The van der Waals surface area contributed by atoms with Crippen molar-refractivity contribution >= 4 is 44.3 Å². The van der Waals surface area contributed by atoms with Gasteiger partial charge >= 0.3 is 12.1 Å². The third-order valence-electron chi connectivity index (χ3n) is 4.34. The van der Waals surface area contributed by atoms with E-state index in [1.54, 1.807) is 18.2 Å². The molecule has 0 radical (unpaired) electrons. The van der Waals surface area contributed by atoms with Crippen molar-refractivity contribution in [2.75, 3.05) is 11.9 Å². The summed E-state index contributed by atoms with van der Waals surface area (Å²) in [5.41, 5.74) is -1.02. The van der Waals surface area contributed by atoms with Gasteiger partial charge in [0.2, 0.25) is 0 Å². The smallest absolute Gasteiger partial charge is 0.434 e. The predicted octanol–water partition coefficient (Wildman–Crippen LogP) is 4.55. The topological polar surface area (TPSA) is 73.2 Å². The minimum absolute atomic E-state index is 0.0678. The minimum Gasteiger partial charge on any atom is -0.462 e. The van der Waals surface area contributed by atoms with E-state index in [-0.39, 0.29) is 18.2 Å². The molecule has 0 bridgehead atoms. The zero-order chi connectivity index (χ0) is 20.2. The number of carbonyl (C=O) groups excluding carboxylic acids is 2. The number of nitrogens with zero attached hydrogens (tertiary/aromatic N) is 2. The fourth-order valence-electron chi connectivity index (χ4n) is 3.25. The van der Waals surface area contributed by atoms with Gasteiger partial charge in [-0.2, -0.15) is 18.3 Å². The van der Waals surface area contributed by atoms with Crippen LogP contribution < -0.4 is 5.32 Å². The molecule has 0 unspecified atom stereocenters. The molecule has 0 saturated carbocycles. The lowest BCUT2D eigenvalue weighted by molar-refractivity contribution is -0.143. The molecule has 1 N–H and O–H groups in total. The molecule has 1 aliphatic heterocycles. The fourth-order valence-corrected chi connectivity index (χ4v) is 3.77. The van der Waals surface area contributed by atoms with Crippen LogP contribution in [0.1, 0.15) is 33.3 Å². The molecule has 2 heterocycles. The summed E-state index contributed by atoms with van der Waals surface area (Å²) in [6.07, 6.45) is -4.02. The fraction of sp³-hybridized carbons (Fsp3) is 0.167. The van der Waals surface area contributed by atoms with Crippen LogP contribution >= 0.6 is 15.9 Å². The molecular weight excluding hydrogens is 443 g/mol. The van der Waals surface area contributed by atoms with Gasteiger partial charge in [0.25, 0.3) is 5.91 Å². The number of aromatic nitrogens is 2. The average molecular weight is 454 g/mol. The van der Waals surface area contributed by atoms with Crippen LogP contribution in [0.4, 0.5) is 18.9 Å². The van der Waals surface area contributed by atoms with Crippen molar-refractivity contribution in [1.29, 1.82) is 0 Å². The van der Waals surface area contributed by atoms with E-state index in [1.807, 2.05) is 0 Å². The van der Waals surface area contributed by atoms with Gasteiger partial charge in [-0.3, -0.25) is 4.79 Å². The second-order valence-corrected chi connectivity index (χ2v) is 6.83. The first-order chi connectivity index (χ1) is 13.2. The number of carbonyl (C=O) groups is 2. The number of hydrogen-bond acceptors (Lipinski definition) is 4. The van der Waals surface area contributed by atoms with Crippen LogP contribution in [0.15, 0.2) is 34.9 Å². The number of anilines is 1. The summed E-state index contributed by atoms with van der Waals surface area (Å²) in [7, 11) is 0. The Bertz CT molecular complexity index is 1150. The van der Waals surface area contributed by atoms with Gasteiger partial charge < -0.3 is 10.1 Å². The molecule has 2 aromatic carbocycles. The Kier molecular flexibility index (Phi) is 4.18. The number of esters is 1. The molecular formula is C18H11BrF3N3O3. The van der Waals surface area contributed by atoms with Crippen molar-refractivity contribution in [3.8, 4) is 5.69 Å². The Balaban J connectivity index is 2.04. The second-order valence-electron chi connectivity index (χ2n) is 5.97. The first-order valence-electron chi connectivity index (χ1n) is 8.13. The summed E-state index contributed by atoms with van der Waals surface area (Å²) < 4.78 is 47.2. The standard InChI is InChI=1S/C18H11BrF3N3O3/c1-2-28-17(27)10-7-23-25(15(10)18(20,21)22)12-6-11(19)14-13-8(12)4-3-5-9(13)16(26)24-14/h3-7H,2H2,1H3,(H,24,26). The molecule has 0 aliphatic carbocycles. The zero-order valence-electron chi connectivity index (χ0n) is 14.2. The van der Waals surface area contributed by atoms with E-state index in [4.69, 9.17) is 4.74 Å². The SMILES string of the molecule is CCOC(=O)c1cnn(-c2cc(Br)c3c4c(cccc24)C(=O)N3)c1C(F)(F)F. The van der Waals surface area contributed by atoms with Crippen molar-refractivity contribution < 1.29 is 27.5 Å². The Morgan fingerprint density at radius 1 is 1.36 bits per heavy atom. The molecule has 10 heteroatoms. The number of nitrogens with one attached hydrogen (secondary N) is 1. The number of amides is 1. The molecule has 1 aliphatic rings. The normalized spacial score (nSPS) is 13.1. The molecule has 4 rings (SSSR count). The van der Waals surface area contributed by atoms with Gasteiger partial charge in [0.05, 0.1) is 24.2 Å². The highest BCUT2D eigenvalue weighted by Gasteiger charge is 2.41. The van der Waals surface area contributed by atoms with Crippen molar-refractivity contribution in [2.45, 2.75) is 13.1 Å². The van der Waals surface area contributed by atoms with Gasteiger partial charge in [-0.1, -0.05) is 12.1 Å². The molecule has 3 aromatic rings. The van der Waals surface area contributed by atoms with Gasteiger partial charge in [0.15, 0.2) is 5.69 Å². The van der Waals surface area contributed by atoms with Crippen molar-refractivity contribution in [1.82, 2.24) is 9.78 Å². The van der Waals surface area contributed by atoms with Gasteiger partial charge in [-0.25, -0.2) is 9.48 Å². The maximum Gasteiger partial charge on any atom is 0.434 e. The molecule has 0 fully saturated rings. The van der Waals surface area contributed by atoms with Crippen LogP contribution in [0.25, 0.3) is 16.5 Å². The van der Waals surface area contributed by atoms with E-state index in [0.717, 1.165) is 6.20 Å². The molecule has 1 amide bonds. The van der Waals surface area contributed by atoms with E-state index in [2.05, 4.69) is 26.3 Å². The summed E-state index contributed by atoms with van der Waals surface area (Å²) in [5, 5.41) is 7.38. The van der Waals surface area contributed by atoms with Gasteiger partial charge in [-0.05, 0) is 35.0 Å². The van der Waals surface area contributed by atoms with E-state index < -0.39 is 23.4 Å². The molecule has 28 heavy (non-hydrogen) atoms.